The standard InChI is InChI=1S/C20H22F2N6O2/c21-18(22)30-14-4-11(6-24-17(14)23)12-5-16(28-7-15-13(28)8-29-15)26-19(25-12)27-9-20(10-27)2-1-3-20/h4-6,13,15,18H,1-3,7-10H2,(H2,23,24)/t13-,15?/m1/s1. The maximum absolute atomic E-state index is 12.7. The second-order valence-corrected chi connectivity index (χ2v) is 8.70. The number of hydrogen-bond donors (Lipinski definition) is 1. The van der Waals surface area contributed by atoms with Gasteiger partial charge in [0, 0.05) is 42.9 Å². The summed E-state index contributed by atoms with van der Waals surface area (Å²) in [6.07, 6.45) is 5.62. The van der Waals surface area contributed by atoms with E-state index in [2.05, 4.69) is 19.5 Å². The van der Waals surface area contributed by atoms with Gasteiger partial charge in [-0.05, 0) is 18.9 Å². The molecule has 10 heteroatoms. The van der Waals surface area contributed by atoms with Gasteiger partial charge >= 0.3 is 6.61 Å². The Hall–Kier alpha value is -2.75. The van der Waals surface area contributed by atoms with Crippen molar-refractivity contribution < 1.29 is 18.3 Å². The normalized spacial score (nSPS) is 25.8. The Bertz CT molecular complexity index is 993. The van der Waals surface area contributed by atoms with Gasteiger partial charge in [-0.25, -0.2) is 9.97 Å². The van der Waals surface area contributed by atoms with Crippen molar-refractivity contribution in [3.05, 3.63) is 18.3 Å². The number of morpholine rings is 1. The summed E-state index contributed by atoms with van der Waals surface area (Å²) in [5, 5.41) is 0. The highest BCUT2D eigenvalue weighted by Gasteiger charge is 2.50. The highest BCUT2D eigenvalue weighted by atomic mass is 19.3. The molecule has 0 bridgehead atoms. The third kappa shape index (κ3) is 2.77. The molecular formula is C20H22F2N6O2. The van der Waals surface area contributed by atoms with Crippen LogP contribution in [0, 0.1) is 5.41 Å². The highest BCUT2D eigenvalue weighted by molar-refractivity contribution is 5.69. The predicted molar refractivity (Wildman–Crippen MR) is 106 cm³/mol. The predicted octanol–water partition coefficient (Wildman–Crippen LogP) is 2.30. The van der Waals surface area contributed by atoms with Crippen molar-refractivity contribution >= 4 is 17.6 Å². The second kappa shape index (κ2) is 6.37. The van der Waals surface area contributed by atoms with E-state index in [-0.39, 0.29) is 17.7 Å². The molecule has 5 heterocycles. The molecule has 1 saturated carbocycles. The number of anilines is 3. The van der Waals surface area contributed by atoms with Crippen LogP contribution in [0.25, 0.3) is 11.3 Å². The average Bonchev–Trinajstić information content (AvgIpc) is 2.63. The smallest absolute Gasteiger partial charge is 0.387 e. The number of hydrogen-bond acceptors (Lipinski definition) is 8. The summed E-state index contributed by atoms with van der Waals surface area (Å²) >= 11 is 0. The first-order chi connectivity index (χ1) is 14.5. The molecule has 2 aromatic heterocycles. The third-order valence-electron chi connectivity index (χ3n) is 6.83. The minimum Gasteiger partial charge on any atom is -0.431 e. The van der Waals surface area contributed by atoms with Gasteiger partial charge in [-0.2, -0.15) is 13.8 Å². The number of nitrogens with zero attached hydrogens (tertiary/aromatic N) is 5. The highest BCUT2D eigenvalue weighted by Crippen LogP contribution is 2.49. The second-order valence-electron chi connectivity index (χ2n) is 8.70. The largest absolute Gasteiger partial charge is 0.431 e. The van der Waals surface area contributed by atoms with E-state index in [0.717, 1.165) is 25.5 Å². The first-order valence-electron chi connectivity index (χ1n) is 10.2. The number of fused-ring (bicyclic) bond motifs is 1. The summed E-state index contributed by atoms with van der Waals surface area (Å²) in [6.45, 7) is 0.444. The van der Waals surface area contributed by atoms with Crippen LogP contribution in [0.1, 0.15) is 19.3 Å². The number of alkyl halides is 2. The summed E-state index contributed by atoms with van der Waals surface area (Å²) in [7, 11) is 0. The molecule has 3 aliphatic heterocycles. The Morgan fingerprint density at radius 1 is 1.23 bits per heavy atom. The van der Waals surface area contributed by atoms with Crippen molar-refractivity contribution in [2.45, 2.75) is 38.0 Å². The lowest BCUT2D eigenvalue weighted by Gasteiger charge is -2.57. The average molecular weight is 416 g/mol. The van der Waals surface area contributed by atoms with E-state index >= 15 is 0 Å². The van der Waals surface area contributed by atoms with Crippen LogP contribution in [0.3, 0.4) is 0 Å². The van der Waals surface area contributed by atoms with E-state index in [1.165, 1.54) is 31.5 Å². The van der Waals surface area contributed by atoms with Gasteiger partial charge in [-0.1, -0.05) is 6.42 Å². The summed E-state index contributed by atoms with van der Waals surface area (Å²) in [5.41, 5.74) is 7.30. The summed E-state index contributed by atoms with van der Waals surface area (Å²) in [4.78, 5) is 18.0. The molecule has 8 nitrogen and oxygen atoms in total. The molecule has 1 unspecified atom stereocenters. The monoisotopic (exact) mass is 416 g/mol. The Labute approximate surface area is 172 Å². The fraction of sp³-hybridized carbons (Fsp3) is 0.550. The van der Waals surface area contributed by atoms with Crippen LogP contribution in [-0.4, -0.2) is 60.0 Å². The molecule has 6 rings (SSSR count). The van der Waals surface area contributed by atoms with E-state index in [4.69, 9.17) is 20.4 Å². The van der Waals surface area contributed by atoms with Crippen LogP contribution >= 0.6 is 0 Å². The molecule has 2 N–H and O–H groups in total. The summed E-state index contributed by atoms with van der Waals surface area (Å²) in [5.74, 6) is 1.25. The van der Waals surface area contributed by atoms with Crippen LogP contribution in [-0.2, 0) is 4.74 Å². The van der Waals surface area contributed by atoms with Crippen LogP contribution in [0.2, 0.25) is 0 Å². The van der Waals surface area contributed by atoms with E-state index in [0.29, 0.717) is 35.3 Å². The zero-order valence-corrected chi connectivity index (χ0v) is 16.3. The van der Waals surface area contributed by atoms with E-state index in [1.54, 1.807) is 0 Å². The topological polar surface area (TPSA) is 89.6 Å². The van der Waals surface area contributed by atoms with Crippen LogP contribution in [0.15, 0.2) is 18.3 Å². The molecule has 1 spiro atoms. The lowest BCUT2D eigenvalue weighted by molar-refractivity contribution is -0.113. The molecule has 1 aliphatic carbocycles. The molecule has 0 aromatic carbocycles. The molecule has 3 saturated heterocycles. The number of ether oxygens (including phenoxy) is 2. The summed E-state index contributed by atoms with van der Waals surface area (Å²) < 4.78 is 35.5. The van der Waals surface area contributed by atoms with Crippen molar-refractivity contribution in [3.8, 4) is 17.0 Å². The first-order valence-corrected chi connectivity index (χ1v) is 10.2. The lowest BCUT2D eigenvalue weighted by atomic mass is 9.64. The molecule has 0 amide bonds. The van der Waals surface area contributed by atoms with Gasteiger partial charge in [-0.15, -0.1) is 0 Å². The van der Waals surface area contributed by atoms with Gasteiger partial charge in [0.15, 0.2) is 11.6 Å². The van der Waals surface area contributed by atoms with Gasteiger partial charge < -0.3 is 25.0 Å². The van der Waals surface area contributed by atoms with Crippen molar-refractivity contribution in [1.29, 1.82) is 0 Å². The molecule has 30 heavy (non-hydrogen) atoms. The maximum atomic E-state index is 12.7. The third-order valence-corrected chi connectivity index (χ3v) is 6.83. The van der Waals surface area contributed by atoms with Crippen molar-refractivity contribution in [2.75, 3.05) is 41.8 Å². The van der Waals surface area contributed by atoms with Gasteiger partial charge in [0.1, 0.15) is 5.82 Å². The zero-order chi connectivity index (χ0) is 20.5. The molecule has 158 valence electrons. The number of nitrogen functional groups attached to an aromatic ring is 1. The number of pyridine rings is 1. The molecule has 2 atom stereocenters. The summed E-state index contributed by atoms with van der Waals surface area (Å²) in [6, 6.07) is 3.67. The number of rotatable bonds is 5. The molecular weight excluding hydrogens is 394 g/mol. The fourth-order valence-corrected chi connectivity index (χ4v) is 4.78. The van der Waals surface area contributed by atoms with Crippen LogP contribution < -0.4 is 20.3 Å². The Kier molecular flexibility index (Phi) is 3.83. The van der Waals surface area contributed by atoms with Crippen molar-refractivity contribution in [1.82, 2.24) is 15.0 Å². The van der Waals surface area contributed by atoms with Gasteiger partial charge in [0.2, 0.25) is 5.95 Å². The fourth-order valence-electron chi connectivity index (χ4n) is 4.78. The lowest BCUT2D eigenvalue weighted by Crippen LogP contribution is -2.71. The van der Waals surface area contributed by atoms with E-state index < -0.39 is 6.61 Å². The van der Waals surface area contributed by atoms with E-state index in [1.807, 2.05) is 6.07 Å². The van der Waals surface area contributed by atoms with Gasteiger partial charge in [0.25, 0.3) is 0 Å². The minimum absolute atomic E-state index is 0.0829. The Morgan fingerprint density at radius 2 is 2.07 bits per heavy atom. The molecule has 2 aromatic rings. The van der Waals surface area contributed by atoms with Gasteiger partial charge in [-0.3, -0.25) is 0 Å². The Balaban J connectivity index is 1.35. The number of halogens is 2. The van der Waals surface area contributed by atoms with Crippen molar-refractivity contribution in [2.24, 2.45) is 5.41 Å². The molecule has 4 fully saturated rings. The SMILES string of the molecule is Nc1ncc(-c2cc(N3CC4OC[C@H]43)nc(N3CC4(CCC4)C3)n2)cc1OC(F)F. The van der Waals surface area contributed by atoms with E-state index in [9.17, 15) is 8.78 Å². The number of nitrogens with two attached hydrogens (primary N) is 1. The molecule has 4 aliphatic rings. The van der Waals surface area contributed by atoms with Gasteiger partial charge in [0.05, 0.1) is 24.4 Å². The van der Waals surface area contributed by atoms with Crippen molar-refractivity contribution in [3.63, 3.8) is 0 Å². The maximum Gasteiger partial charge on any atom is 0.387 e. The van der Waals surface area contributed by atoms with Crippen LogP contribution in [0.4, 0.5) is 26.4 Å². The molecule has 0 radical (unpaired) electrons. The Morgan fingerprint density at radius 3 is 2.67 bits per heavy atom. The van der Waals surface area contributed by atoms with Crippen LogP contribution in [0.5, 0.6) is 5.75 Å². The minimum atomic E-state index is -2.97. The quantitative estimate of drug-likeness (QED) is 0.794. The number of aromatic nitrogens is 3. The zero-order valence-electron chi connectivity index (χ0n) is 16.3. The first kappa shape index (κ1) is 18.1.